The Morgan fingerprint density at radius 1 is 0.167 bits per heavy atom. The lowest BCUT2D eigenvalue weighted by Crippen LogP contribution is -2.33. The summed E-state index contributed by atoms with van der Waals surface area (Å²) in [6.07, 6.45) is 34.8. The van der Waals surface area contributed by atoms with E-state index < -0.39 is 54.5 Å². The van der Waals surface area contributed by atoms with Crippen LogP contribution in [-0.2, 0) is 167 Å². The van der Waals surface area contributed by atoms with Crippen LogP contribution in [0.1, 0.15) is 438 Å². The van der Waals surface area contributed by atoms with Crippen LogP contribution in [0.4, 0.5) is 0 Å². The van der Waals surface area contributed by atoms with Crippen LogP contribution in [0.5, 0.6) is 0 Å². The van der Waals surface area contributed by atoms with Crippen molar-refractivity contribution in [2.24, 2.45) is 17.8 Å². The third-order valence-electron chi connectivity index (χ3n) is 23.2. The van der Waals surface area contributed by atoms with Crippen molar-refractivity contribution in [1.29, 1.82) is 0 Å². The molecule has 0 saturated carbocycles. The van der Waals surface area contributed by atoms with Gasteiger partial charge in [0, 0.05) is 96.3 Å². The molecular weight excluding hydrogens is 1880 g/mol. The van der Waals surface area contributed by atoms with E-state index in [9.17, 15) is 101 Å². The van der Waals surface area contributed by atoms with Crippen molar-refractivity contribution >= 4 is 113 Å². The van der Waals surface area contributed by atoms with E-state index in [0.29, 0.717) is 308 Å². The third-order valence-corrected chi connectivity index (χ3v) is 23.2. The van der Waals surface area contributed by atoms with Gasteiger partial charge in [0.2, 0.25) is 0 Å². The number of carboxylic acid groups (broad SMARTS) is 3. The molecular formula is C106H176O38. The Balaban J connectivity index is 3.58. The standard InChI is InChI=1S/C106H176O38/c1-3-5-51-85(4-2)84-144-103(123)66-35-20-49-80-142-101(121)64-33-18-47-78-140-99(119)62-31-16-45-76-138-97(117)60-29-14-43-74-136-95(115)58-27-12-41-72-134-93(113)56-25-10-39-70-132-91(111)54-23-8-37-68-130-89(109)52-21-6-36-67-129-90(110)53-22-7-38-69-131-92(112)55-24-9-40-71-133-94(114)57-26-11-42-73-135-96(116)59-28-13-44-75-137-98(118)61-30-15-46-77-139-100(120)63-32-17-48-79-141-102(122)65-34-19-50-81-143-104(124)83-87(106(127)128)86(105(125)126)82-88(107)108/h85-87H,3-84H2,1-2H3,(H,107,108)(H,125,126)(H,127,128). The van der Waals surface area contributed by atoms with Gasteiger partial charge in [-0.2, -0.15) is 0 Å². The lowest BCUT2D eigenvalue weighted by atomic mass is 9.87. The summed E-state index contributed by atoms with van der Waals surface area (Å²) >= 11 is 0. The first kappa shape index (κ1) is 134. The fraction of sp³-hybridized carbons (Fsp3) is 0.821. The Morgan fingerprint density at radius 2 is 0.306 bits per heavy atom. The molecule has 3 N–H and O–H groups in total. The Morgan fingerprint density at radius 3 is 0.438 bits per heavy atom. The van der Waals surface area contributed by atoms with Gasteiger partial charge in [-0.25, -0.2) is 0 Å². The molecule has 144 heavy (non-hydrogen) atoms. The summed E-state index contributed by atoms with van der Waals surface area (Å²) in [5.41, 5.74) is 0. The van der Waals surface area contributed by atoms with Crippen LogP contribution in [0.2, 0.25) is 0 Å². The molecule has 3 atom stereocenters. The van der Waals surface area contributed by atoms with Crippen molar-refractivity contribution in [1.82, 2.24) is 0 Å². The molecule has 0 aromatic rings. The number of carbonyl (C=O) groups is 19. The van der Waals surface area contributed by atoms with Crippen LogP contribution in [-0.4, -0.2) is 234 Å². The summed E-state index contributed by atoms with van der Waals surface area (Å²) in [5.74, 6) is -13.4. The average molecular weight is 2060 g/mol. The molecule has 828 valence electrons. The molecule has 0 aromatic heterocycles. The molecule has 0 radical (unpaired) electrons. The van der Waals surface area contributed by atoms with E-state index in [1.807, 2.05) is 0 Å². The van der Waals surface area contributed by atoms with Crippen molar-refractivity contribution < 1.29 is 182 Å². The SMILES string of the molecule is CCCCC(CC)COC(=O)CCCCCOC(=O)CCCCCOC(=O)CCCCCOC(=O)CCCCCOC(=O)CCCCCOC(=O)CCCCCOC(=O)CCCCCOC(=O)CCCCCOC(=O)CCCCCOC(=O)CCCCCOC(=O)CCCCCOC(=O)CCCCCOC(=O)CCCCCOC(=O)CCCCCOC(=O)CCCCCOC(=O)CC(C(=O)O)C(CC(=O)O)C(=O)O. The van der Waals surface area contributed by atoms with Gasteiger partial charge in [0.05, 0.1) is 130 Å². The molecule has 0 heterocycles. The molecule has 38 heteroatoms. The van der Waals surface area contributed by atoms with Gasteiger partial charge in [0.25, 0.3) is 0 Å². The quantitative estimate of drug-likeness (QED) is 0.0289. The molecule has 0 amide bonds. The zero-order valence-electron chi connectivity index (χ0n) is 86.8. The summed E-state index contributed by atoms with van der Waals surface area (Å²) in [6, 6.07) is 0. The topological polar surface area (TPSA) is 533 Å². The fourth-order valence-electron chi connectivity index (χ4n) is 14.4. The fourth-order valence-corrected chi connectivity index (χ4v) is 14.4. The summed E-state index contributed by atoms with van der Waals surface area (Å²) in [5, 5.41) is 27.4. The molecule has 0 saturated heterocycles. The van der Waals surface area contributed by atoms with E-state index in [-0.39, 0.29) is 253 Å². The number of hydrogen-bond acceptors (Lipinski definition) is 35. The minimum atomic E-state index is -1.80. The molecule has 0 rings (SSSR count). The molecule has 0 aliphatic carbocycles. The molecule has 0 bridgehead atoms. The number of esters is 16. The van der Waals surface area contributed by atoms with Gasteiger partial charge in [-0.3, -0.25) is 91.1 Å². The zero-order valence-corrected chi connectivity index (χ0v) is 86.8. The van der Waals surface area contributed by atoms with Gasteiger partial charge < -0.3 is 91.1 Å². The third kappa shape index (κ3) is 93.0. The number of rotatable bonds is 103. The molecule has 0 aromatic carbocycles. The number of ether oxygens (including phenoxy) is 16. The Hall–Kier alpha value is -10.1. The minimum absolute atomic E-state index is 0.0942. The molecule has 0 aliphatic rings. The van der Waals surface area contributed by atoms with Crippen molar-refractivity contribution in [2.45, 2.75) is 438 Å². The molecule has 38 nitrogen and oxygen atoms in total. The van der Waals surface area contributed by atoms with Gasteiger partial charge in [0.15, 0.2) is 0 Å². The number of carboxylic acids is 3. The Bertz CT molecular complexity index is 3370. The Labute approximate surface area is 852 Å². The van der Waals surface area contributed by atoms with E-state index in [1.54, 1.807) is 0 Å². The maximum atomic E-state index is 12.2. The molecule has 0 spiro atoms. The summed E-state index contributed by atoms with van der Waals surface area (Å²) in [4.78, 5) is 228. The van der Waals surface area contributed by atoms with E-state index in [0.717, 1.165) is 44.9 Å². The van der Waals surface area contributed by atoms with E-state index in [4.69, 9.17) is 80.9 Å². The van der Waals surface area contributed by atoms with E-state index in [1.165, 1.54) is 0 Å². The van der Waals surface area contributed by atoms with Crippen LogP contribution in [0.3, 0.4) is 0 Å². The van der Waals surface area contributed by atoms with Crippen LogP contribution in [0, 0.1) is 17.8 Å². The van der Waals surface area contributed by atoms with E-state index >= 15 is 0 Å². The summed E-state index contributed by atoms with van der Waals surface area (Å²) in [7, 11) is 0. The first-order chi connectivity index (χ1) is 69.6. The second-order valence-electron chi connectivity index (χ2n) is 36.3. The summed E-state index contributed by atoms with van der Waals surface area (Å²) in [6.45, 7) is 8.33. The van der Waals surface area contributed by atoms with Gasteiger partial charge in [-0.1, -0.05) is 33.1 Å². The maximum absolute atomic E-state index is 12.2. The normalized spacial score (nSPS) is 11.6. The molecule has 3 unspecified atom stereocenters. The minimum Gasteiger partial charge on any atom is -0.481 e. The molecule has 0 aliphatic heterocycles. The highest BCUT2D eigenvalue weighted by Crippen LogP contribution is 2.24. The van der Waals surface area contributed by atoms with Gasteiger partial charge in [-0.15, -0.1) is 0 Å². The zero-order chi connectivity index (χ0) is 106. The largest absolute Gasteiger partial charge is 0.481 e. The van der Waals surface area contributed by atoms with Crippen molar-refractivity contribution in [2.75, 3.05) is 106 Å². The highest BCUT2D eigenvalue weighted by atomic mass is 16.6. The van der Waals surface area contributed by atoms with Crippen molar-refractivity contribution in [3.63, 3.8) is 0 Å². The molecule has 0 fully saturated rings. The smallest absolute Gasteiger partial charge is 0.307 e. The van der Waals surface area contributed by atoms with Crippen LogP contribution < -0.4 is 0 Å². The lowest BCUT2D eigenvalue weighted by Gasteiger charge is -2.18. The van der Waals surface area contributed by atoms with Crippen LogP contribution >= 0.6 is 0 Å². The number of carbonyl (C=O) groups excluding carboxylic acids is 16. The second-order valence-corrected chi connectivity index (χ2v) is 36.3. The first-order valence-corrected chi connectivity index (χ1v) is 53.8. The van der Waals surface area contributed by atoms with E-state index in [2.05, 4.69) is 13.8 Å². The van der Waals surface area contributed by atoms with Crippen molar-refractivity contribution in [3.8, 4) is 0 Å². The predicted octanol–water partition coefficient (Wildman–Crippen LogP) is 18.6. The maximum Gasteiger partial charge on any atom is 0.307 e. The van der Waals surface area contributed by atoms with Gasteiger partial charge in [-0.05, 0) is 301 Å². The first-order valence-electron chi connectivity index (χ1n) is 53.8. The van der Waals surface area contributed by atoms with Crippen LogP contribution in [0.25, 0.3) is 0 Å². The number of aliphatic carboxylic acids is 3. The second kappa shape index (κ2) is 97.6. The predicted molar refractivity (Wildman–Crippen MR) is 525 cm³/mol. The highest BCUT2D eigenvalue weighted by molar-refractivity contribution is 5.87. The Kier molecular flexibility index (Phi) is 90.8. The average Bonchev–Trinajstić information content (AvgIpc) is 0.861. The van der Waals surface area contributed by atoms with Crippen molar-refractivity contribution in [3.05, 3.63) is 0 Å². The lowest BCUT2D eigenvalue weighted by molar-refractivity contribution is -0.161. The number of hydrogen-bond donors (Lipinski definition) is 3. The van der Waals surface area contributed by atoms with Gasteiger partial charge in [0.1, 0.15) is 0 Å². The monoisotopic (exact) mass is 2060 g/mol. The van der Waals surface area contributed by atoms with Crippen LogP contribution in [0.15, 0.2) is 0 Å². The number of unbranched alkanes of at least 4 members (excludes halogenated alkanes) is 31. The van der Waals surface area contributed by atoms with Gasteiger partial charge >= 0.3 is 113 Å². The highest BCUT2D eigenvalue weighted by Gasteiger charge is 2.38. The summed E-state index contributed by atoms with van der Waals surface area (Å²) < 4.78 is 84.6.